The first-order chi connectivity index (χ1) is 41.6. The standard InChI is InChI=1S/C75H43N9/c1-2-44-45-17-3-4-18-46(45)58(40-77)78-74(44)83-62-29-15-7-21-49(62)67-65(83)38-56-54-35-41(33-34-64(54)82-61-28-14-10-24-52(61)69(67)73(56)82)53-36-42(31-32-43(53)39-76)71-48-20-5-11-25-57(48)79-75(80-71)84-63-30-16-8-22-50(63)68-66(84)37-55-47-19-6-12-26-59(47)81-60-27-13-9-23-51(60)70(68)72(55)81/h3-38,44,74H,2H2,1H3. The lowest BCUT2D eigenvalue weighted by molar-refractivity contribution is 0.431. The Balaban J connectivity index is 0.845. The molecule has 18 aromatic rings. The molecule has 9 heteroatoms. The molecule has 0 saturated heterocycles. The number of nitriles is 2. The summed E-state index contributed by atoms with van der Waals surface area (Å²) in [4.78, 5) is 16.4. The molecule has 0 fully saturated rings. The number of hydrogen-bond acceptors (Lipinski definition) is 5. The van der Waals surface area contributed by atoms with E-state index in [1.54, 1.807) is 0 Å². The van der Waals surface area contributed by atoms with Crippen LogP contribution in [-0.4, -0.2) is 33.6 Å². The van der Waals surface area contributed by atoms with Gasteiger partial charge in [0.2, 0.25) is 5.95 Å². The van der Waals surface area contributed by atoms with Crippen LogP contribution in [0.2, 0.25) is 0 Å². The molecule has 0 saturated carbocycles. The van der Waals surface area contributed by atoms with Crippen molar-refractivity contribution in [2.45, 2.75) is 25.4 Å². The van der Waals surface area contributed by atoms with E-state index in [0.717, 1.165) is 111 Å². The molecule has 9 nitrogen and oxygen atoms in total. The molecule has 0 bridgehead atoms. The predicted molar refractivity (Wildman–Crippen MR) is 342 cm³/mol. The maximum absolute atomic E-state index is 11.0. The molecular weight excluding hydrogens is 1030 g/mol. The molecule has 388 valence electrons. The number of hydrogen-bond donors (Lipinski definition) is 0. The minimum atomic E-state index is -0.356. The van der Waals surface area contributed by atoms with E-state index in [2.05, 4.69) is 219 Å². The van der Waals surface area contributed by atoms with Crippen LogP contribution < -0.4 is 0 Å². The molecule has 2 atom stereocenters. The van der Waals surface area contributed by atoms with E-state index in [4.69, 9.17) is 15.0 Å². The van der Waals surface area contributed by atoms with Gasteiger partial charge in [0.05, 0.1) is 78.0 Å². The van der Waals surface area contributed by atoms with Crippen molar-refractivity contribution in [2.24, 2.45) is 4.99 Å². The van der Waals surface area contributed by atoms with Gasteiger partial charge in [0.1, 0.15) is 17.9 Å². The molecule has 0 amide bonds. The zero-order valence-electron chi connectivity index (χ0n) is 45.2. The SMILES string of the molecule is CCC1c2ccccc2C(C#N)=NC1n1c2ccccc2c2c3c4ccccc4n4c5ccc(-c6cc(-c7nc(-n8c9ccccc9c9c%10c%11ccccc%11n%11c%12ccccc%12c(cc98)c%10%11)nc8ccccc78)ccc6C#N)cc5c(cc21)c34. The van der Waals surface area contributed by atoms with Crippen molar-refractivity contribution in [1.82, 2.24) is 27.9 Å². The van der Waals surface area contributed by atoms with Crippen molar-refractivity contribution in [3.8, 4) is 40.5 Å². The summed E-state index contributed by atoms with van der Waals surface area (Å²) in [5.74, 6) is 0.609. The Kier molecular flexibility index (Phi) is 8.85. The molecular formula is C75H43N9. The number of aromatic nitrogens is 6. The van der Waals surface area contributed by atoms with Crippen LogP contribution in [0.4, 0.5) is 0 Å². The van der Waals surface area contributed by atoms with Gasteiger partial charge in [0.15, 0.2) is 0 Å². The second-order valence-corrected chi connectivity index (χ2v) is 22.6. The number of nitrogens with zero attached hydrogens (tertiary/aromatic N) is 9. The third-order valence-electron chi connectivity index (χ3n) is 18.7. The number of fused-ring (bicyclic) bond motifs is 22. The first kappa shape index (κ1) is 45.4. The third kappa shape index (κ3) is 5.67. The zero-order chi connectivity index (χ0) is 55.2. The van der Waals surface area contributed by atoms with E-state index in [9.17, 15) is 10.5 Å². The topological polar surface area (TPSA) is 104 Å². The van der Waals surface area contributed by atoms with Gasteiger partial charge in [-0.2, -0.15) is 10.5 Å². The quantitative estimate of drug-likeness (QED) is 0.171. The number of benzene rings is 11. The highest BCUT2D eigenvalue weighted by Crippen LogP contribution is 2.51. The fourth-order valence-electron chi connectivity index (χ4n) is 15.3. The van der Waals surface area contributed by atoms with Gasteiger partial charge < -0.3 is 13.4 Å². The molecule has 1 aliphatic heterocycles. The van der Waals surface area contributed by atoms with Crippen molar-refractivity contribution in [1.29, 1.82) is 10.5 Å². The first-order valence-electron chi connectivity index (χ1n) is 28.7. The summed E-state index contributed by atoms with van der Waals surface area (Å²) >= 11 is 0. The lowest BCUT2D eigenvalue weighted by atomic mass is 9.85. The Hall–Kier alpha value is -11.4. The summed E-state index contributed by atoms with van der Waals surface area (Å²) < 4.78 is 9.55. The Morgan fingerprint density at radius 2 is 0.964 bits per heavy atom. The van der Waals surface area contributed by atoms with E-state index in [0.29, 0.717) is 17.2 Å². The molecule has 0 radical (unpaired) electrons. The predicted octanol–water partition coefficient (Wildman–Crippen LogP) is 18.4. The summed E-state index contributed by atoms with van der Waals surface area (Å²) in [6, 6.07) is 82.7. The molecule has 0 aliphatic carbocycles. The molecule has 19 rings (SSSR count). The molecule has 0 spiro atoms. The van der Waals surface area contributed by atoms with Crippen molar-refractivity contribution in [2.75, 3.05) is 0 Å². The Morgan fingerprint density at radius 3 is 1.67 bits per heavy atom. The lowest BCUT2D eigenvalue weighted by Gasteiger charge is -2.31. The van der Waals surface area contributed by atoms with Crippen LogP contribution in [0, 0.1) is 22.7 Å². The van der Waals surface area contributed by atoms with Crippen LogP contribution in [0.5, 0.6) is 0 Å². The first-order valence-corrected chi connectivity index (χ1v) is 28.7. The fraction of sp³-hybridized carbons (Fsp3) is 0.0533. The van der Waals surface area contributed by atoms with Gasteiger partial charge in [-0.25, -0.2) is 15.0 Å². The maximum atomic E-state index is 11.0. The van der Waals surface area contributed by atoms with E-state index in [-0.39, 0.29) is 12.1 Å². The molecule has 8 heterocycles. The average Bonchev–Trinajstić information content (AvgIpc) is 1.57. The van der Waals surface area contributed by atoms with Gasteiger partial charge in [0, 0.05) is 92.6 Å². The second kappa shape index (κ2) is 16.4. The van der Waals surface area contributed by atoms with Crippen LogP contribution >= 0.6 is 0 Å². The van der Waals surface area contributed by atoms with E-state index in [1.807, 2.05) is 36.4 Å². The van der Waals surface area contributed by atoms with Crippen LogP contribution in [0.15, 0.2) is 223 Å². The molecule has 0 N–H and O–H groups in total. The van der Waals surface area contributed by atoms with Crippen molar-refractivity contribution >= 4 is 136 Å². The van der Waals surface area contributed by atoms with Crippen molar-refractivity contribution in [3.63, 3.8) is 0 Å². The normalized spacial score (nSPS) is 14.8. The highest BCUT2D eigenvalue weighted by molar-refractivity contribution is 6.37. The van der Waals surface area contributed by atoms with Gasteiger partial charge in [0.25, 0.3) is 0 Å². The molecule has 1 aliphatic rings. The van der Waals surface area contributed by atoms with Crippen LogP contribution in [0.3, 0.4) is 0 Å². The highest BCUT2D eigenvalue weighted by Gasteiger charge is 2.35. The Morgan fingerprint density at radius 1 is 0.417 bits per heavy atom. The number of para-hydroxylation sites is 6. The molecule has 11 aromatic carbocycles. The van der Waals surface area contributed by atoms with E-state index in [1.165, 1.54) is 59.6 Å². The van der Waals surface area contributed by atoms with Crippen LogP contribution in [0.1, 0.15) is 42.1 Å². The Labute approximate surface area is 478 Å². The van der Waals surface area contributed by atoms with E-state index < -0.39 is 0 Å². The van der Waals surface area contributed by atoms with Gasteiger partial charge >= 0.3 is 0 Å². The average molecular weight is 1070 g/mol. The minimum Gasteiger partial charge on any atom is -0.317 e. The molecule has 7 aromatic heterocycles. The summed E-state index contributed by atoms with van der Waals surface area (Å²) in [6.45, 7) is 2.23. The van der Waals surface area contributed by atoms with Crippen molar-refractivity contribution in [3.05, 3.63) is 235 Å². The van der Waals surface area contributed by atoms with Crippen molar-refractivity contribution < 1.29 is 0 Å². The minimum absolute atomic E-state index is 0.0365. The number of aliphatic imine (C=N–C) groups is 1. The highest BCUT2D eigenvalue weighted by atomic mass is 15.2. The van der Waals surface area contributed by atoms with Gasteiger partial charge in [-0.3, -0.25) is 4.57 Å². The van der Waals surface area contributed by atoms with Gasteiger partial charge in [-0.15, -0.1) is 0 Å². The van der Waals surface area contributed by atoms with E-state index >= 15 is 0 Å². The largest absolute Gasteiger partial charge is 0.317 e. The van der Waals surface area contributed by atoms with Crippen LogP contribution in [0.25, 0.3) is 159 Å². The van der Waals surface area contributed by atoms with Crippen LogP contribution in [-0.2, 0) is 0 Å². The molecule has 84 heavy (non-hydrogen) atoms. The second-order valence-electron chi connectivity index (χ2n) is 22.6. The summed E-state index contributed by atoms with van der Waals surface area (Å²) in [7, 11) is 0. The third-order valence-corrected chi connectivity index (χ3v) is 18.7. The summed E-state index contributed by atoms with van der Waals surface area (Å²) in [5.41, 5.74) is 18.5. The summed E-state index contributed by atoms with van der Waals surface area (Å²) in [6.07, 6.45) is 0.489. The smallest absolute Gasteiger partial charge is 0.235 e. The Bertz CT molecular complexity index is 6090. The zero-order valence-corrected chi connectivity index (χ0v) is 45.2. The molecule has 2 unspecified atom stereocenters. The monoisotopic (exact) mass is 1070 g/mol. The van der Waals surface area contributed by atoms with Gasteiger partial charge in [-0.05, 0) is 90.3 Å². The lowest BCUT2D eigenvalue weighted by Crippen LogP contribution is -2.24. The maximum Gasteiger partial charge on any atom is 0.235 e. The fourth-order valence-corrected chi connectivity index (χ4v) is 15.3. The van der Waals surface area contributed by atoms with Gasteiger partial charge in [-0.1, -0.05) is 153 Å². The summed E-state index contributed by atoms with van der Waals surface area (Å²) in [5, 5.41) is 36.6. The number of rotatable bonds is 5.